The van der Waals surface area contributed by atoms with Crippen LogP contribution in [0.3, 0.4) is 0 Å². The lowest BCUT2D eigenvalue weighted by Gasteiger charge is -2.39. The maximum atomic E-state index is 10.1. The molecule has 0 aromatic heterocycles. The lowest BCUT2D eigenvalue weighted by atomic mass is 10.00. The first-order valence-corrected chi connectivity index (χ1v) is 6.19. The summed E-state index contributed by atoms with van der Waals surface area (Å²) >= 11 is 0. The Labute approximate surface area is 97.5 Å². The molecule has 2 aliphatic heterocycles. The molecule has 2 saturated heterocycles. The summed E-state index contributed by atoms with van der Waals surface area (Å²) in [4.78, 5) is 2.30. The summed E-state index contributed by atoms with van der Waals surface area (Å²) in [7, 11) is 0. The standard InChI is InChI=1S/C12H23NO3/c1-12(2)9-13(4-6-16-12)7-11(14)10-3-5-15-8-10/h10-11,14H,3-9H2,1-2H3. The van der Waals surface area contributed by atoms with Crippen LogP contribution in [0.2, 0.25) is 0 Å². The summed E-state index contributed by atoms with van der Waals surface area (Å²) in [5.41, 5.74) is -0.0792. The second-order valence-electron chi connectivity index (χ2n) is 5.53. The molecule has 2 aliphatic rings. The molecule has 2 rings (SSSR count). The van der Waals surface area contributed by atoms with E-state index in [4.69, 9.17) is 9.47 Å². The maximum Gasteiger partial charge on any atom is 0.0753 e. The lowest BCUT2D eigenvalue weighted by Crippen LogP contribution is -2.51. The highest BCUT2D eigenvalue weighted by Gasteiger charge is 2.31. The number of aliphatic hydroxyl groups is 1. The molecule has 4 nitrogen and oxygen atoms in total. The van der Waals surface area contributed by atoms with Crippen LogP contribution >= 0.6 is 0 Å². The van der Waals surface area contributed by atoms with Crippen LogP contribution in [0.15, 0.2) is 0 Å². The van der Waals surface area contributed by atoms with Crippen molar-refractivity contribution in [3.63, 3.8) is 0 Å². The Kier molecular flexibility index (Phi) is 3.85. The number of aliphatic hydroxyl groups excluding tert-OH is 1. The Hall–Kier alpha value is -0.160. The van der Waals surface area contributed by atoms with E-state index in [2.05, 4.69) is 18.7 Å². The molecule has 0 spiro atoms. The summed E-state index contributed by atoms with van der Waals surface area (Å²) in [6.07, 6.45) is 0.742. The topological polar surface area (TPSA) is 41.9 Å². The molecular weight excluding hydrogens is 206 g/mol. The van der Waals surface area contributed by atoms with Crippen LogP contribution < -0.4 is 0 Å². The fourth-order valence-electron chi connectivity index (χ4n) is 2.54. The fraction of sp³-hybridized carbons (Fsp3) is 1.00. The van der Waals surface area contributed by atoms with E-state index in [1.807, 2.05) is 0 Å². The van der Waals surface area contributed by atoms with Gasteiger partial charge in [-0.1, -0.05) is 0 Å². The first-order valence-electron chi connectivity index (χ1n) is 6.19. The van der Waals surface area contributed by atoms with Crippen molar-refractivity contribution in [2.75, 3.05) is 39.5 Å². The average Bonchev–Trinajstić information content (AvgIpc) is 2.68. The molecule has 0 aromatic carbocycles. The fourth-order valence-corrected chi connectivity index (χ4v) is 2.54. The first-order chi connectivity index (χ1) is 7.57. The second-order valence-corrected chi connectivity index (χ2v) is 5.53. The Morgan fingerprint density at radius 2 is 2.25 bits per heavy atom. The smallest absolute Gasteiger partial charge is 0.0753 e. The summed E-state index contributed by atoms with van der Waals surface area (Å²) in [6, 6.07) is 0. The van der Waals surface area contributed by atoms with E-state index >= 15 is 0 Å². The van der Waals surface area contributed by atoms with E-state index in [1.54, 1.807) is 0 Å². The number of nitrogens with zero attached hydrogens (tertiary/aromatic N) is 1. The number of rotatable bonds is 3. The minimum atomic E-state index is -0.253. The van der Waals surface area contributed by atoms with Crippen LogP contribution in [-0.4, -0.2) is 61.2 Å². The van der Waals surface area contributed by atoms with Gasteiger partial charge in [0, 0.05) is 32.2 Å². The number of hydrogen-bond donors (Lipinski definition) is 1. The molecule has 2 fully saturated rings. The highest BCUT2D eigenvalue weighted by atomic mass is 16.5. The molecule has 0 saturated carbocycles. The first kappa shape index (κ1) is 12.3. The van der Waals surface area contributed by atoms with E-state index in [0.29, 0.717) is 5.92 Å². The minimum absolute atomic E-state index is 0.0792. The van der Waals surface area contributed by atoms with E-state index in [-0.39, 0.29) is 11.7 Å². The third-order valence-electron chi connectivity index (χ3n) is 3.46. The Bertz CT molecular complexity index is 226. The van der Waals surface area contributed by atoms with Gasteiger partial charge in [-0.25, -0.2) is 0 Å². The molecule has 0 bridgehead atoms. The number of hydrogen-bond acceptors (Lipinski definition) is 4. The van der Waals surface area contributed by atoms with Crippen LogP contribution in [0.1, 0.15) is 20.3 Å². The molecule has 1 N–H and O–H groups in total. The highest BCUT2D eigenvalue weighted by Crippen LogP contribution is 2.20. The molecule has 2 atom stereocenters. The monoisotopic (exact) mass is 229 g/mol. The molecule has 94 valence electrons. The van der Waals surface area contributed by atoms with Gasteiger partial charge in [0.1, 0.15) is 0 Å². The van der Waals surface area contributed by atoms with Gasteiger partial charge in [-0.2, -0.15) is 0 Å². The number of morpholine rings is 1. The van der Waals surface area contributed by atoms with E-state index < -0.39 is 0 Å². The molecule has 0 radical (unpaired) electrons. The molecule has 16 heavy (non-hydrogen) atoms. The van der Waals surface area contributed by atoms with Crippen molar-refractivity contribution in [3.8, 4) is 0 Å². The highest BCUT2D eigenvalue weighted by molar-refractivity contribution is 4.82. The molecular formula is C12H23NO3. The van der Waals surface area contributed by atoms with Crippen LogP contribution in [0, 0.1) is 5.92 Å². The molecule has 2 heterocycles. The van der Waals surface area contributed by atoms with Crippen molar-refractivity contribution in [3.05, 3.63) is 0 Å². The summed E-state index contributed by atoms with van der Waals surface area (Å²) in [6.45, 7) is 9.06. The largest absolute Gasteiger partial charge is 0.391 e. The van der Waals surface area contributed by atoms with Gasteiger partial charge >= 0.3 is 0 Å². The van der Waals surface area contributed by atoms with Crippen molar-refractivity contribution >= 4 is 0 Å². The van der Waals surface area contributed by atoms with Crippen LogP contribution in [0.5, 0.6) is 0 Å². The maximum absolute atomic E-state index is 10.1. The van der Waals surface area contributed by atoms with Gasteiger partial charge in [0.2, 0.25) is 0 Å². The van der Waals surface area contributed by atoms with Crippen molar-refractivity contribution in [1.29, 1.82) is 0 Å². The van der Waals surface area contributed by atoms with Crippen LogP contribution in [0.25, 0.3) is 0 Å². The van der Waals surface area contributed by atoms with Gasteiger partial charge in [-0.3, -0.25) is 4.90 Å². The molecule has 0 aromatic rings. The number of ether oxygens (including phenoxy) is 2. The predicted octanol–water partition coefficient (Wildman–Crippen LogP) is 0.495. The van der Waals surface area contributed by atoms with Gasteiger partial charge in [-0.15, -0.1) is 0 Å². The Morgan fingerprint density at radius 3 is 2.88 bits per heavy atom. The van der Waals surface area contributed by atoms with Crippen molar-refractivity contribution in [2.24, 2.45) is 5.92 Å². The zero-order chi connectivity index (χ0) is 11.6. The van der Waals surface area contributed by atoms with Gasteiger partial charge in [-0.05, 0) is 20.3 Å². The van der Waals surface area contributed by atoms with Crippen LogP contribution in [0.4, 0.5) is 0 Å². The van der Waals surface area contributed by atoms with Gasteiger partial charge < -0.3 is 14.6 Å². The molecule has 4 heteroatoms. The Morgan fingerprint density at radius 1 is 1.44 bits per heavy atom. The van der Waals surface area contributed by atoms with Crippen LogP contribution in [-0.2, 0) is 9.47 Å². The number of β-amino-alcohol motifs (C(OH)–C–C–N with tert-alkyl or cyclic N) is 1. The second kappa shape index (κ2) is 5.00. The SMILES string of the molecule is CC1(C)CN(CC(O)C2CCOC2)CCO1. The predicted molar refractivity (Wildman–Crippen MR) is 61.4 cm³/mol. The van der Waals surface area contributed by atoms with E-state index in [0.717, 1.165) is 45.9 Å². The lowest BCUT2D eigenvalue weighted by molar-refractivity contribution is -0.0961. The molecule has 2 unspecified atom stereocenters. The zero-order valence-corrected chi connectivity index (χ0v) is 10.3. The molecule has 0 aliphatic carbocycles. The summed E-state index contributed by atoms with van der Waals surface area (Å²) in [5, 5.41) is 10.1. The van der Waals surface area contributed by atoms with E-state index in [9.17, 15) is 5.11 Å². The van der Waals surface area contributed by atoms with Crippen molar-refractivity contribution < 1.29 is 14.6 Å². The van der Waals surface area contributed by atoms with Crippen molar-refractivity contribution in [2.45, 2.75) is 32.0 Å². The van der Waals surface area contributed by atoms with Gasteiger partial charge in [0.15, 0.2) is 0 Å². The quantitative estimate of drug-likeness (QED) is 0.765. The third kappa shape index (κ3) is 3.17. The Balaban J connectivity index is 1.79. The normalized spacial score (nSPS) is 32.8. The van der Waals surface area contributed by atoms with Crippen molar-refractivity contribution in [1.82, 2.24) is 4.90 Å². The summed E-state index contributed by atoms with van der Waals surface area (Å²) < 4.78 is 11.0. The molecule has 0 amide bonds. The minimum Gasteiger partial charge on any atom is -0.391 e. The van der Waals surface area contributed by atoms with Gasteiger partial charge in [0.05, 0.1) is 24.9 Å². The zero-order valence-electron chi connectivity index (χ0n) is 10.3. The van der Waals surface area contributed by atoms with Gasteiger partial charge in [0.25, 0.3) is 0 Å². The average molecular weight is 229 g/mol. The van der Waals surface area contributed by atoms with E-state index in [1.165, 1.54) is 0 Å². The third-order valence-corrected chi connectivity index (χ3v) is 3.46. The summed E-state index contributed by atoms with van der Waals surface area (Å²) in [5.74, 6) is 0.325.